The lowest BCUT2D eigenvalue weighted by Crippen LogP contribution is -2.09. The summed E-state index contributed by atoms with van der Waals surface area (Å²) in [6.45, 7) is 0. The Kier molecular flexibility index (Phi) is 3.54. The van der Waals surface area contributed by atoms with E-state index in [4.69, 9.17) is 5.26 Å². The van der Waals surface area contributed by atoms with Gasteiger partial charge in [0.2, 0.25) is 0 Å². The third-order valence-electron chi connectivity index (χ3n) is 2.68. The van der Waals surface area contributed by atoms with Crippen molar-refractivity contribution < 1.29 is 5.11 Å². The minimum absolute atomic E-state index is 0.229. The lowest BCUT2D eigenvalue weighted by atomic mass is 10.2. The summed E-state index contributed by atoms with van der Waals surface area (Å²) in [5.74, 6) is 0.229. The highest BCUT2D eigenvalue weighted by atomic mass is 79.9. The van der Waals surface area contributed by atoms with Gasteiger partial charge in [-0.15, -0.1) is 0 Å². The standard InChI is InChI=1S/C14H11BrN2O/c1-17(11-3-2-4-13(18)7-11)12-6-5-10(9-16)14(15)8-12/h2-8,18H,1H3. The average molecular weight is 303 g/mol. The van der Waals surface area contributed by atoms with E-state index in [0.717, 1.165) is 15.8 Å². The van der Waals surface area contributed by atoms with Gasteiger partial charge in [0, 0.05) is 29.0 Å². The summed E-state index contributed by atoms with van der Waals surface area (Å²) < 4.78 is 0.759. The lowest BCUT2D eigenvalue weighted by molar-refractivity contribution is 0.475. The maximum atomic E-state index is 9.47. The Morgan fingerprint density at radius 1 is 1.17 bits per heavy atom. The Balaban J connectivity index is 2.38. The van der Waals surface area contributed by atoms with Gasteiger partial charge in [-0.25, -0.2) is 0 Å². The van der Waals surface area contributed by atoms with E-state index in [1.54, 1.807) is 24.3 Å². The van der Waals surface area contributed by atoms with E-state index in [-0.39, 0.29) is 5.75 Å². The van der Waals surface area contributed by atoms with Gasteiger partial charge in [0.25, 0.3) is 0 Å². The Bertz CT molecular complexity index is 619. The maximum absolute atomic E-state index is 9.47. The maximum Gasteiger partial charge on any atom is 0.117 e. The molecule has 4 heteroatoms. The van der Waals surface area contributed by atoms with Crippen molar-refractivity contribution in [2.45, 2.75) is 0 Å². The number of hydrogen-bond acceptors (Lipinski definition) is 3. The van der Waals surface area contributed by atoms with Crippen molar-refractivity contribution in [3.05, 3.63) is 52.5 Å². The van der Waals surface area contributed by atoms with Crippen molar-refractivity contribution in [1.82, 2.24) is 0 Å². The number of hydrogen-bond donors (Lipinski definition) is 1. The van der Waals surface area contributed by atoms with Crippen LogP contribution in [0.15, 0.2) is 46.9 Å². The Labute approximate surface area is 114 Å². The van der Waals surface area contributed by atoms with Crippen LogP contribution in [0.2, 0.25) is 0 Å². The molecule has 0 spiro atoms. The zero-order valence-electron chi connectivity index (χ0n) is 9.76. The van der Waals surface area contributed by atoms with Crippen LogP contribution in [0.4, 0.5) is 11.4 Å². The van der Waals surface area contributed by atoms with Crippen LogP contribution in [0.1, 0.15) is 5.56 Å². The molecular formula is C14H11BrN2O. The number of benzene rings is 2. The molecule has 0 saturated carbocycles. The van der Waals surface area contributed by atoms with E-state index in [2.05, 4.69) is 22.0 Å². The zero-order chi connectivity index (χ0) is 13.1. The minimum atomic E-state index is 0.229. The molecule has 0 aliphatic heterocycles. The monoisotopic (exact) mass is 302 g/mol. The fraction of sp³-hybridized carbons (Fsp3) is 0.0714. The molecule has 2 rings (SSSR count). The molecule has 0 aliphatic rings. The SMILES string of the molecule is CN(c1cccc(O)c1)c1ccc(C#N)c(Br)c1. The quantitative estimate of drug-likeness (QED) is 0.918. The van der Waals surface area contributed by atoms with E-state index in [9.17, 15) is 5.11 Å². The molecule has 0 radical (unpaired) electrons. The van der Waals surface area contributed by atoms with E-state index in [1.165, 1.54) is 0 Å². The van der Waals surface area contributed by atoms with Crippen molar-refractivity contribution in [2.24, 2.45) is 0 Å². The molecule has 90 valence electrons. The first kappa shape index (κ1) is 12.5. The van der Waals surface area contributed by atoms with Crippen LogP contribution in [-0.2, 0) is 0 Å². The predicted molar refractivity (Wildman–Crippen MR) is 75.0 cm³/mol. The third-order valence-corrected chi connectivity index (χ3v) is 3.33. The number of phenols is 1. The molecule has 3 nitrogen and oxygen atoms in total. The van der Waals surface area contributed by atoms with Crippen molar-refractivity contribution >= 4 is 27.3 Å². The molecule has 0 aliphatic carbocycles. The highest BCUT2D eigenvalue weighted by Crippen LogP contribution is 2.29. The van der Waals surface area contributed by atoms with Crippen LogP contribution in [0.3, 0.4) is 0 Å². The highest BCUT2D eigenvalue weighted by Gasteiger charge is 2.07. The molecular weight excluding hydrogens is 292 g/mol. The third kappa shape index (κ3) is 2.47. The molecule has 0 unspecified atom stereocenters. The number of nitrogens with zero attached hydrogens (tertiary/aromatic N) is 2. The van der Waals surface area contributed by atoms with Gasteiger partial charge < -0.3 is 10.0 Å². The van der Waals surface area contributed by atoms with Gasteiger partial charge in [-0.2, -0.15) is 5.26 Å². The van der Waals surface area contributed by atoms with E-state index in [0.29, 0.717) is 5.56 Å². The first-order valence-electron chi connectivity index (χ1n) is 5.34. The molecule has 2 aromatic rings. The summed E-state index contributed by atoms with van der Waals surface area (Å²) in [5.41, 5.74) is 2.42. The van der Waals surface area contributed by atoms with Crippen molar-refractivity contribution in [1.29, 1.82) is 5.26 Å². The summed E-state index contributed by atoms with van der Waals surface area (Å²) in [6, 6.07) is 14.6. The number of rotatable bonds is 2. The van der Waals surface area contributed by atoms with Crippen LogP contribution < -0.4 is 4.90 Å². The van der Waals surface area contributed by atoms with Gasteiger partial charge in [0.1, 0.15) is 11.8 Å². The van der Waals surface area contributed by atoms with E-state index < -0.39 is 0 Å². The second kappa shape index (κ2) is 5.11. The largest absolute Gasteiger partial charge is 0.508 e. The smallest absolute Gasteiger partial charge is 0.117 e. The van der Waals surface area contributed by atoms with Gasteiger partial charge in [-0.1, -0.05) is 6.07 Å². The molecule has 0 heterocycles. The van der Waals surface area contributed by atoms with E-state index in [1.807, 2.05) is 30.1 Å². The van der Waals surface area contributed by atoms with Crippen molar-refractivity contribution in [3.63, 3.8) is 0 Å². The fourth-order valence-electron chi connectivity index (χ4n) is 1.65. The van der Waals surface area contributed by atoms with Gasteiger partial charge in [0.05, 0.1) is 5.56 Å². The summed E-state index contributed by atoms with van der Waals surface area (Å²) in [5, 5.41) is 18.3. The Morgan fingerprint density at radius 2 is 1.89 bits per heavy atom. The fourth-order valence-corrected chi connectivity index (χ4v) is 2.11. The summed E-state index contributed by atoms with van der Waals surface area (Å²) in [6.07, 6.45) is 0. The van der Waals surface area contributed by atoms with Crippen LogP contribution in [0, 0.1) is 11.3 Å². The number of halogens is 1. The molecule has 0 fully saturated rings. The van der Waals surface area contributed by atoms with Crippen molar-refractivity contribution in [2.75, 3.05) is 11.9 Å². The Hall–Kier alpha value is -1.99. The number of aromatic hydroxyl groups is 1. The summed E-state index contributed by atoms with van der Waals surface area (Å²) in [7, 11) is 1.91. The summed E-state index contributed by atoms with van der Waals surface area (Å²) >= 11 is 3.36. The second-order valence-corrected chi connectivity index (χ2v) is 4.71. The number of anilines is 2. The predicted octanol–water partition coefficient (Wildman–Crippen LogP) is 3.79. The van der Waals surface area contributed by atoms with Gasteiger partial charge in [0.15, 0.2) is 0 Å². The lowest BCUT2D eigenvalue weighted by Gasteiger charge is -2.20. The van der Waals surface area contributed by atoms with Gasteiger partial charge >= 0.3 is 0 Å². The molecule has 0 saturated heterocycles. The second-order valence-electron chi connectivity index (χ2n) is 3.85. The number of nitriles is 1. The average Bonchev–Trinajstić information content (AvgIpc) is 2.37. The normalized spacial score (nSPS) is 9.83. The van der Waals surface area contributed by atoms with Crippen LogP contribution in [0.5, 0.6) is 5.75 Å². The minimum Gasteiger partial charge on any atom is -0.508 e. The first-order chi connectivity index (χ1) is 8.61. The number of phenolic OH excluding ortho intramolecular Hbond substituents is 1. The summed E-state index contributed by atoms with van der Waals surface area (Å²) in [4.78, 5) is 1.94. The molecule has 0 atom stereocenters. The molecule has 0 amide bonds. The van der Waals surface area contributed by atoms with Gasteiger partial charge in [-0.3, -0.25) is 0 Å². The Morgan fingerprint density at radius 3 is 2.50 bits per heavy atom. The molecule has 18 heavy (non-hydrogen) atoms. The molecule has 0 bridgehead atoms. The molecule has 1 N–H and O–H groups in total. The van der Waals surface area contributed by atoms with Gasteiger partial charge in [-0.05, 0) is 46.3 Å². The van der Waals surface area contributed by atoms with Crippen LogP contribution in [-0.4, -0.2) is 12.2 Å². The van der Waals surface area contributed by atoms with E-state index >= 15 is 0 Å². The molecule has 0 aromatic heterocycles. The van der Waals surface area contributed by atoms with Crippen LogP contribution >= 0.6 is 15.9 Å². The molecule has 2 aromatic carbocycles. The van der Waals surface area contributed by atoms with Crippen molar-refractivity contribution in [3.8, 4) is 11.8 Å². The zero-order valence-corrected chi connectivity index (χ0v) is 11.3. The topological polar surface area (TPSA) is 47.3 Å². The highest BCUT2D eigenvalue weighted by molar-refractivity contribution is 9.10. The van der Waals surface area contributed by atoms with Crippen LogP contribution in [0.25, 0.3) is 0 Å². The first-order valence-corrected chi connectivity index (χ1v) is 6.13.